The monoisotopic (exact) mass is 290 g/mol. The first kappa shape index (κ1) is 15.6. The van der Waals surface area contributed by atoms with Crippen LogP contribution in [-0.2, 0) is 0 Å². The minimum Gasteiger partial charge on any atom is -0.399 e. The zero-order valence-electron chi connectivity index (χ0n) is 13.2. The summed E-state index contributed by atoms with van der Waals surface area (Å²) in [6, 6.07) is 5.90. The fraction of sp³-hybridized carbons (Fsp3) is 0.562. The van der Waals surface area contributed by atoms with Crippen LogP contribution in [0.1, 0.15) is 30.6 Å². The molecule has 116 valence electrons. The van der Waals surface area contributed by atoms with Crippen molar-refractivity contribution in [3.8, 4) is 0 Å². The largest absolute Gasteiger partial charge is 0.399 e. The molecule has 0 aromatic heterocycles. The Kier molecular flexibility index (Phi) is 5.07. The van der Waals surface area contributed by atoms with Gasteiger partial charge >= 0.3 is 0 Å². The van der Waals surface area contributed by atoms with Gasteiger partial charge in [-0.3, -0.25) is 4.79 Å². The van der Waals surface area contributed by atoms with Gasteiger partial charge in [0.1, 0.15) is 0 Å². The normalized spacial score (nSPS) is 20.1. The molecule has 1 unspecified atom stereocenters. The lowest BCUT2D eigenvalue weighted by molar-refractivity contribution is 0.0956. The molecule has 5 nitrogen and oxygen atoms in total. The van der Waals surface area contributed by atoms with E-state index >= 15 is 0 Å². The van der Waals surface area contributed by atoms with Gasteiger partial charge in [0, 0.05) is 31.4 Å². The molecular formula is C16H26N4O. The van der Waals surface area contributed by atoms with Crippen LogP contribution in [0.2, 0.25) is 0 Å². The molecule has 3 N–H and O–H groups in total. The molecule has 1 aliphatic rings. The highest BCUT2D eigenvalue weighted by Crippen LogP contribution is 2.27. The van der Waals surface area contributed by atoms with E-state index in [1.807, 2.05) is 19.1 Å². The number of rotatable bonds is 3. The summed E-state index contributed by atoms with van der Waals surface area (Å²) in [7, 11) is 2.14. The van der Waals surface area contributed by atoms with Crippen molar-refractivity contribution in [3.05, 3.63) is 23.8 Å². The number of benzene rings is 1. The summed E-state index contributed by atoms with van der Waals surface area (Å²) in [4.78, 5) is 16.9. The molecule has 1 atom stereocenters. The van der Waals surface area contributed by atoms with E-state index in [9.17, 15) is 4.79 Å². The number of nitrogen functional groups attached to an aromatic ring is 1. The third kappa shape index (κ3) is 3.67. The molecule has 21 heavy (non-hydrogen) atoms. The number of likely N-dealkylation sites (N-methyl/N-ethyl adjacent to an activating group) is 1. The van der Waals surface area contributed by atoms with Crippen molar-refractivity contribution in [1.29, 1.82) is 0 Å². The van der Waals surface area contributed by atoms with Gasteiger partial charge in [0.25, 0.3) is 5.91 Å². The molecule has 2 rings (SSSR count). The molecule has 1 aliphatic heterocycles. The van der Waals surface area contributed by atoms with Gasteiger partial charge in [0.15, 0.2) is 0 Å². The van der Waals surface area contributed by atoms with Crippen LogP contribution in [0.4, 0.5) is 11.4 Å². The maximum Gasteiger partial charge on any atom is 0.253 e. The van der Waals surface area contributed by atoms with E-state index in [4.69, 9.17) is 5.73 Å². The van der Waals surface area contributed by atoms with Crippen molar-refractivity contribution >= 4 is 17.3 Å². The van der Waals surface area contributed by atoms with Crippen LogP contribution in [0.5, 0.6) is 0 Å². The molecular weight excluding hydrogens is 264 g/mol. The van der Waals surface area contributed by atoms with Crippen molar-refractivity contribution in [2.45, 2.75) is 26.3 Å². The molecule has 0 aliphatic carbocycles. The standard InChI is InChI=1S/C16H26N4O/c1-4-18-16(21)14-7-6-13(17)10-15(14)20-9-5-8-19(3)11-12(20)2/h6-7,10,12H,4-5,8-9,11,17H2,1-3H3,(H,18,21). The molecule has 1 aromatic carbocycles. The van der Waals surface area contributed by atoms with Gasteiger partial charge in [-0.1, -0.05) is 0 Å². The Labute approximate surface area is 127 Å². The van der Waals surface area contributed by atoms with Crippen LogP contribution in [0.15, 0.2) is 18.2 Å². The molecule has 0 radical (unpaired) electrons. The highest BCUT2D eigenvalue weighted by molar-refractivity contribution is 6.00. The van der Waals surface area contributed by atoms with Crippen LogP contribution in [-0.4, -0.2) is 50.1 Å². The van der Waals surface area contributed by atoms with Crippen molar-refractivity contribution in [1.82, 2.24) is 10.2 Å². The van der Waals surface area contributed by atoms with E-state index in [0.717, 1.165) is 31.7 Å². The van der Waals surface area contributed by atoms with Gasteiger partial charge in [0.05, 0.1) is 11.3 Å². The third-order valence-corrected chi connectivity index (χ3v) is 3.96. The van der Waals surface area contributed by atoms with Gasteiger partial charge in [-0.2, -0.15) is 0 Å². The SMILES string of the molecule is CCNC(=O)c1ccc(N)cc1N1CCCN(C)CC1C. The van der Waals surface area contributed by atoms with Gasteiger partial charge in [-0.15, -0.1) is 0 Å². The lowest BCUT2D eigenvalue weighted by Crippen LogP contribution is -2.39. The second-order valence-electron chi connectivity index (χ2n) is 5.79. The molecule has 1 amide bonds. The van der Waals surface area contributed by atoms with Crippen LogP contribution >= 0.6 is 0 Å². The molecule has 0 saturated carbocycles. The molecule has 1 heterocycles. The number of carbonyl (C=O) groups is 1. The fourth-order valence-electron chi connectivity index (χ4n) is 2.96. The zero-order valence-corrected chi connectivity index (χ0v) is 13.2. The Morgan fingerprint density at radius 2 is 2.19 bits per heavy atom. The predicted molar refractivity (Wildman–Crippen MR) is 87.8 cm³/mol. The van der Waals surface area contributed by atoms with Crippen molar-refractivity contribution < 1.29 is 4.79 Å². The van der Waals surface area contributed by atoms with Crippen LogP contribution in [0.3, 0.4) is 0 Å². The summed E-state index contributed by atoms with van der Waals surface area (Å²) in [6.07, 6.45) is 1.09. The van der Waals surface area contributed by atoms with Gasteiger partial charge < -0.3 is 20.9 Å². The van der Waals surface area contributed by atoms with Crippen LogP contribution < -0.4 is 16.0 Å². The first-order chi connectivity index (χ1) is 10.0. The molecule has 1 fully saturated rings. The smallest absolute Gasteiger partial charge is 0.253 e. The molecule has 5 heteroatoms. The maximum absolute atomic E-state index is 12.3. The highest BCUT2D eigenvalue weighted by Gasteiger charge is 2.24. The number of nitrogens with zero attached hydrogens (tertiary/aromatic N) is 2. The summed E-state index contributed by atoms with van der Waals surface area (Å²) in [5.74, 6) is -0.0303. The summed E-state index contributed by atoms with van der Waals surface area (Å²) in [5.41, 5.74) is 8.31. The van der Waals surface area contributed by atoms with Gasteiger partial charge in [-0.25, -0.2) is 0 Å². The summed E-state index contributed by atoms with van der Waals surface area (Å²) in [5, 5.41) is 2.88. The van der Waals surface area contributed by atoms with E-state index < -0.39 is 0 Å². The number of anilines is 2. The van der Waals surface area contributed by atoms with Crippen LogP contribution in [0, 0.1) is 0 Å². The first-order valence-corrected chi connectivity index (χ1v) is 7.65. The van der Waals surface area contributed by atoms with Crippen molar-refractivity contribution in [2.24, 2.45) is 0 Å². The minimum atomic E-state index is -0.0303. The average Bonchev–Trinajstić information content (AvgIpc) is 2.59. The number of carbonyl (C=O) groups excluding carboxylic acids is 1. The average molecular weight is 290 g/mol. The molecule has 1 saturated heterocycles. The third-order valence-electron chi connectivity index (χ3n) is 3.96. The quantitative estimate of drug-likeness (QED) is 0.829. The Morgan fingerprint density at radius 1 is 1.43 bits per heavy atom. The topological polar surface area (TPSA) is 61.6 Å². The molecule has 1 aromatic rings. The van der Waals surface area contributed by atoms with E-state index in [1.54, 1.807) is 6.07 Å². The lowest BCUT2D eigenvalue weighted by atomic mass is 10.1. The van der Waals surface area contributed by atoms with Crippen LogP contribution in [0.25, 0.3) is 0 Å². The summed E-state index contributed by atoms with van der Waals surface area (Å²) in [6.45, 7) is 7.77. The summed E-state index contributed by atoms with van der Waals surface area (Å²) < 4.78 is 0. The van der Waals surface area contributed by atoms with E-state index in [0.29, 0.717) is 23.8 Å². The van der Waals surface area contributed by atoms with Crippen molar-refractivity contribution in [3.63, 3.8) is 0 Å². The summed E-state index contributed by atoms with van der Waals surface area (Å²) >= 11 is 0. The minimum absolute atomic E-state index is 0.0303. The van der Waals surface area contributed by atoms with Crippen molar-refractivity contribution in [2.75, 3.05) is 43.9 Å². The number of nitrogens with two attached hydrogens (primary N) is 1. The Bertz CT molecular complexity index is 503. The molecule has 0 bridgehead atoms. The van der Waals surface area contributed by atoms with E-state index in [1.165, 1.54) is 0 Å². The fourth-order valence-corrected chi connectivity index (χ4v) is 2.96. The van der Waals surface area contributed by atoms with E-state index in [-0.39, 0.29) is 5.91 Å². The predicted octanol–water partition coefficient (Wildman–Crippen LogP) is 1.55. The first-order valence-electron chi connectivity index (χ1n) is 7.65. The van der Waals surface area contributed by atoms with Gasteiger partial charge in [-0.05, 0) is 52.1 Å². The number of amides is 1. The Morgan fingerprint density at radius 3 is 2.90 bits per heavy atom. The second-order valence-corrected chi connectivity index (χ2v) is 5.79. The number of hydrogen-bond donors (Lipinski definition) is 2. The lowest BCUT2D eigenvalue weighted by Gasteiger charge is -2.31. The number of nitrogens with one attached hydrogen (secondary N) is 1. The number of hydrogen-bond acceptors (Lipinski definition) is 4. The Balaban J connectivity index is 2.36. The Hall–Kier alpha value is -1.75. The maximum atomic E-state index is 12.3. The molecule has 0 spiro atoms. The van der Waals surface area contributed by atoms with E-state index in [2.05, 4.69) is 29.1 Å². The zero-order chi connectivity index (χ0) is 15.4. The van der Waals surface area contributed by atoms with Gasteiger partial charge in [0.2, 0.25) is 0 Å². The second kappa shape index (κ2) is 6.80. The highest BCUT2D eigenvalue weighted by atomic mass is 16.1.